The third kappa shape index (κ3) is 4.33. The van der Waals surface area contributed by atoms with Crippen molar-refractivity contribution < 1.29 is 40.6 Å². The SMILES string of the molecule is Nc1cc(C(F)(F)F)c2nc1-c1nnc(o1)[C@@](O)(C(F)(F)F)CCCCCC1(CCOC1)N2. The zero-order chi connectivity index (χ0) is 24.1. The lowest BCUT2D eigenvalue weighted by atomic mass is 9.89. The molecule has 0 aromatic carbocycles. The molecule has 4 heterocycles. The quantitative estimate of drug-likeness (QED) is 0.483. The van der Waals surface area contributed by atoms with Crippen molar-refractivity contribution in [1.82, 2.24) is 15.2 Å². The molecular weight excluding hydrogens is 460 g/mol. The van der Waals surface area contributed by atoms with E-state index >= 15 is 0 Å². The summed E-state index contributed by atoms with van der Waals surface area (Å²) in [7, 11) is 0. The van der Waals surface area contributed by atoms with Gasteiger partial charge in [-0.25, -0.2) is 4.98 Å². The molecule has 2 atom stereocenters. The number of nitrogen functional groups attached to an aromatic ring is 1. The van der Waals surface area contributed by atoms with Gasteiger partial charge in [-0.1, -0.05) is 12.8 Å². The molecule has 1 fully saturated rings. The summed E-state index contributed by atoms with van der Waals surface area (Å²) in [4.78, 5) is 3.93. The van der Waals surface area contributed by atoms with Gasteiger partial charge in [0.25, 0.3) is 11.8 Å². The summed E-state index contributed by atoms with van der Waals surface area (Å²) in [5.74, 6) is -2.34. The van der Waals surface area contributed by atoms with E-state index in [1.165, 1.54) is 0 Å². The number of nitrogens with two attached hydrogens (primary N) is 1. The zero-order valence-electron chi connectivity index (χ0n) is 17.2. The van der Waals surface area contributed by atoms with E-state index in [4.69, 9.17) is 14.9 Å². The molecule has 2 aromatic heterocycles. The average molecular weight is 481 g/mol. The Labute approximate surface area is 183 Å². The minimum Gasteiger partial charge on any atom is -0.416 e. The number of alkyl halides is 6. The second-order valence-corrected chi connectivity index (χ2v) is 8.36. The van der Waals surface area contributed by atoms with Crippen LogP contribution in [0, 0.1) is 0 Å². The maximum atomic E-state index is 13.7. The molecule has 0 radical (unpaired) electrons. The monoisotopic (exact) mass is 481 g/mol. The van der Waals surface area contributed by atoms with E-state index in [1.54, 1.807) is 0 Å². The van der Waals surface area contributed by atoms with Crippen molar-refractivity contribution in [2.45, 2.75) is 62.0 Å². The number of aliphatic hydroxyl groups is 1. The first-order valence-electron chi connectivity index (χ1n) is 10.2. The fourth-order valence-corrected chi connectivity index (χ4v) is 4.11. The molecule has 1 saturated heterocycles. The summed E-state index contributed by atoms with van der Waals surface area (Å²) >= 11 is 0. The van der Waals surface area contributed by atoms with Gasteiger partial charge in [-0.2, -0.15) is 26.3 Å². The molecule has 2 aromatic rings. The van der Waals surface area contributed by atoms with Crippen LogP contribution in [0.2, 0.25) is 0 Å². The van der Waals surface area contributed by atoms with E-state index in [0.29, 0.717) is 31.9 Å². The van der Waals surface area contributed by atoms with Gasteiger partial charge in [0, 0.05) is 6.61 Å². The van der Waals surface area contributed by atoms with Crippen LogP contribution in [0.3, 0.4) is 0 Å². The molecule has 0 aliphatic carbocycles. The van der Waals surface area contributed by atoms with Crippen molar-refractivity contribution >= 4 is 11.5 Å². The van der Waals surface area contributed by atoms with Crippen molar-refractivity contribution in [2.24, 2.45) is 0 Å². The lowest BCUT2D eigenvalue weighted by Crippen LogP contribution is -2.42. The van der Waals surface area contributed by atoms with Crippen LogP contribution in [0.25, 0.3) is 11.6 Å². The number of nitrogens with zero attached hydrogens (tertiary/aromatic N) is 3. The summed E-state index contributed by atoms with van der Waals surface area (Å²) in [5.41, 5.74) is -0.678. The largest absolute Gasteiger partial charge is 0.426 e. The molecule has 4 rings (SSSR count). The Balaban J connectivity index is 1.88. The van der Waals surface area contributed by atoms with Gasteiger partial charge >= 0.3 is 12.4 Å². The van der Waals surface area contributed by atoms with Crippen molar-refractivity contribution in [3.8, 4) is 11.6 Å². The molecule has 0 amide bonds. The molecule has 1 unspecified atom stereocenters. The molecule has 0 saturated carbocycles. The topological polar surface area (TPSA) is 119 Å². The van der Waals surface area contributed by atoms with E-state index in [0.717, 1.165) is 0 Å². The highest BCUT2D eigenvalue weighted by atomic mass is 19.4. The average Bonchev–Trinajstić information content (AvgIpc) is 3.37. The molecule has 14 heteroatoms. The van der Waals surface area contributed by atoms with Crippen molar-refractivity contribution in [3.63, 3.8) is 0 Å². The molecule has 1 spiro atoms. The molecule has 2 aliphatic rings. The van der Waals surface area contributed by atoms with Crippen molar-refractivity contribution in [2.75, 3.05) is 24.3 Å². The molecule has 4 N–H and O–H groups in total. The van der Waals surface area contributed by atoms with E-state index in [1.807, 2.05) is 0 Å². The predicted molar refractivity (Wildman–Crippen MR) is 102 cm³/mol. The van der Waals surface area contributed by atoms with Crippen LogP contribution >= 0.6 is 0 Å². The van der Waals surface area contributed by atoms with Crippen LogP contribution < -0.4 is 11.1 Å². The van der Waals surface area contributed by atoms with Crippen LogP contribution in [0.4, 0.5) is 37.8 Å². The Hall–Kier alpha value is -2.61. The first-order valence-corrected chi connectivity index (χ1v) is 10.2. The first-order chi connectivity index (χ1) is 15.3. The highest BCUT2D eigenvalue weighted by Gasteiger charge is 2.58. The van der Waals surface area contributed by atoms with E-state index < -0.39 is 64.5 Å². The number of anilines is 2. The van der Waals surface area contributed by atoms with Gasteiger partial charge in [0.2, 0.25) is 5.60 Å². The van der Waals surface area contributed by atoms with Gasteiger partial charge in [0.15, 0.2) is 5.69 Å². The number of hydrogen-bond acceptors (Lipinski definition) is 8. The smallest absolute Gasteiger partial charge is 0.416 e. The lowest BCUT2D eigenvalue weighted by molar-refractivity contribution is -0.277. The second kappa shape index (κ2) is 8.01. The number of halogens is 6. The lowest BCUT2D eigenvalue weighted by Gasteiger charge is -2.31. The zero-order valence-corrected chi connectivity index (χ0v) is 17.2. The van der Waals surface area contributed by atoms with E-state index in [-0.39, 0.29) is 19.4 Å². The maximum absolute atomic E-state index is 13.7. The number of fused-ring (bicyclic) bond motifs is 5. The second-order valence-electron chi connectivity index (χ2n) is 8.36. The molecule has 4 bridgehead atoms. The molecule has 33 heavy (non-hydrogen) atoms. The summed E-state index contributed by atoms with van der Waals surface area (Å²) in [6, 6.07) is 0.611. The molecule has 8 nitrogen and oxygen atoms in total. The fraction of sp³-hybridized carbons (Fsp3) is 0.632. The Morgan fingerprint density at radius 2 is 1.76 bits per heavy atom. The Morgan fingerprint density at radius 1 is 1.03 bits per heavy atom. The van der Waals surface area contributed by atoms with Crippen molar-refractivity contribution in [1.29, 1.82) is 0 Å². The Bertz CT molecular complexity index is 1020. The van der Waals surface area contributed by atoms with Gasteiger partial charge in [-0.05, 0) is 31.7 Å². The Kier molecular flexibility index (Phi) is 5.71. The Morgan fingerprint density at radius 3 is 2.39 bits per heavy atom. The minimum atomic E-state index is -5.12. The first kappa shape index (κ1) is 23.5. The van der Waals surface area contributed by atoms with Gasteiger partial charge in [0.05, 0.1) is 23.4 Å². The summed E-state index contributed by atoms with van der Waals surface area (Å²) < 4.78 is 92.8. The van der Waals surface area contributed by atoms with Gasteiger partial charge in [-0.3, -0.25) is 0 Å². The molecular formula is C19H21F6N5O3. The van der Waals surface area contributed by atoms with E-state index in [9.17, 15) is 31.4 Å². The highest BCUT2D eigenvalue weighted by molar-refractivity contribution is 5.71. The summed E-state index contributed by atoms with van der Waals surface area (Å²) in [5, 5.41) is 20.1. The highest BCUT2D eigenvalue weighted by Crippen LogP contribution is 2.45. The number of pyridine rings is 1. The van der Waals surface area contributed by atoms with Gasteiger partial charge in [0.1, 0.15) is 5.82 Å². The third-order valence-corrected chi connectivity index (χ3v) is 5.99. The van der Waals surface area contributed by atoms with Gasteiger partial charge < -0.3 is 25.3 Å². The summed E-state index contributed by atoms with van der Waals surface area (Å²) in [6.07, 6.45) is -9.35. The molecule has 182 valence electrons. The minimum absolute atomic E-state index is 0.0376. The van der Waals surface area contributed by atoms with E-state index in [2.05, 4.69) is 20.5 Å². The fourth-order valence-electron chi connectivity index (χ4n) is 4.11. The number of ether oxygens (including phenoxy) is 1. The number of rotatable bonds is 0. The number of aromatic nitrogens is 3. The number of nitrogens with one attached hydrogen (secondary N) is 1. The normalized spacial score (nSPS) is 26.8. The van der Waals surface area contributed by atoms with Crippen LogP contribution in [-0.4, -0.2) is 45.2 Å². The predicted octanol–water partition coefficient (Wildman–Crippen LogP) is 4.02. The summed E-state index contributed by atoms with van der Waals surface area (Å²) in [6.45, 7) is 0.403. The standard InChI is InChI=1S/C19H21F6N5O3/c20-18(21,22)10-8-11(26)12-14-29-30-15(33-14)17(31,19(23,24)25)5-3-1-2-4-16(6-7-32-9-16)28-13(10)27-12/h8,31H,1-7,9,26H2,(H,27,28)/t16?,17-/m1/s1. The third-order valence-electron chi connectivity index (χ3n) is 5.99. The number of hydrogen-bond donors (Lipinski definition) is 3. The van der Waals surface area contributed by atoms with Crippen molar-refractivity contribution in [3.05, 3.63) is 17.5 Å². The van der Waals surface area contributed by atoms with Crippen LogP contribution in [0.5, 0.6) is 0 Å². The maximum Gasteiger partial charge on any atom is 0.426 e. The van der Waals surface area contributed by atoms with Crippen LogP contribution in [-0.2, 0) is 16.5 Å². The molecule has 2 aliphatic heterocycles. The van der Waals surface area contributed by atoms with Gasteiger partial charge in [-0.15, -0.1) is 10.2 Å². The van der Waals surface area contributed by atoms with Crippen LogP contribution in [0.1, 0.15) is 50.0 Å². The van der Waals surface area contributed by atoms with Crippen LogP contribution in [0.15, 0.2) is 10.5 Å².